The first-order chi connectivity index (χ1) is 13.7. The van der Waals surface area contributed by atoms with Crippen LogP contribution in [0.15, 0.2) is 43.1 Å². The zero-order chi connectivity index (χ0) is 19.3. The Balaban J connectivity index is 1.84. The Bertz CT molecular complexity index is 1120. The van der Waals surface area contributed by atoms with Crippen LogP contribution in [0.2, 0.25) is 0 Å². The van der Waals surface area contributed by atoms with Gasteiger partial charge in [0.15, 0.2) is 35.7 Å². The normalized spacial score (nSPS) is 13.8. The highest BCUT2D eigenvalue weighted by Crippen LogP contribution is 2.43. The molecule has 0 fully saturated rings. The van der Waals surface area contributed by atoms with E-state index < -0.39 is 0 Å². The Morgan fingerprint density at radius 3 is 2.68 bits per heavy atom. The molecule has 142 valence electrons. The SMILES string of the molecule is C=CCc1c2[n+](cc3c(OC)c(OC)ccc13)CCc1cc3c(cc1-2)OCO3. The van der Waals surface area contributed by atoms with Crippen molar-refractivity contribution >= 4 is 10.8 Å². The van der Waals surface area contributed by atoms with Gasteiger partial charge in [-0.2, -0.15) is 4.57 Å². The highest BCUT2D eigenvalue weighted by Gasteiger charge is 2.31. The second kappa shape index (κ2) is 6.44. The van der Waals surface area contributed by atoms with Crippen molar-refractivity contribution in [2.75, 3.05) is 21.0 Å². The minimum Gasteiger partial charge on any atom is -0.493 e. The molecule has 0 saturated carbocycles. The summed E-state index contributed by atoms with van der Waals surface area (Å²) in [7, 11) is 3.35. The van der Waals surface area contributed by atoms with Crippen LogP contribution in [0.3, 0.4) is 0 Å². The van der Waals surface area contributed by atoms with Crippen LogP contribution in [0.5, 0.6) is 23.0 Å². The molecule has 0 aliphatic carbocycles. The van der Waals surface area contributed by atoms with Crippen LogP contribution in [0.4, 0.5) is 0 Å². The molecule has 5 rings (SSSR count). The van der Waals surface area contributed by atoms with E-state index in [1.807, 2.05) is 12.1 Å². The summed E-state index contributed by atoms with van der Waals surface area (Å²) in [5.74, 6) is 3.14. The van der Waals surface area contributed by atoms with Crippen LogP contribution in [0, 0.1) is 0 Å². The zero-order valence-electron chi connectivity index (χ0n) is 16.1. The molecule has 0 radical (unpaired) electrons. The van der Waals surface area contributed by atoms with Crippen molar-refractivity contribution in [1.82, 2.24) is 0 Å². The predicted molar refractivity (Wildman–Crippen MR) is 106 cm³/mol. The van der Waals surface area contributed by atoms with E-state index in [1.165, 1.54) is 22.4 Å². The highest BCUT2D eigenvalue weighted by atomic mass is 16.7. The number of aromatic nitrogens is 1. The van der Waals surface area contributed by atoms with Gasteiger partial charge < -0.3 is 18.9 Å². The predicted octanol–water partition coefficient (Wildman–Crippen LogP) is 3.82. The monoisotopic (exact) mass is 376 g/mol. The topological polar surface area (TPSA) is 40.8 Å². The van der Waals surface area contributed by atoms with E-state index >= 15 is 0 Å². The van der Waals surface area contributed by atoms with Gasteiger partial charge in [-0.25, -0.2) is 0 Å². The second-order valence-electron chi connectivity index (χ2n) is 7.02. The Hall–Kier alpha value is -3.21. The first-order valence-corrected chi connectivity index (χ1v) is 9.39. The molecule has 2 aliphatic rings. The third kappa shape index (κ3) is 2.35. The summed E-state index contributed by atoms with van der Waals surface area (Å²) in [5.41, 5.74) is 4.92. The van der Waals surface area contributed by atoms with Crippen LogP contribution < -0.4 is 23.5 Å². The number of methoxy groups -OCH3 is 2. The fourth-order valence-electron chi connectivity index (χ4n) is 4.36. The number of fused-ring (bicyclic) bond motifs is 5. The van der Waals surface area contributed by atoms with Gasteiger partial charge in [-0.05, 0) is 36.2 Å². The number of pyridine rings is 1. The minimum atomic E-state index is 0.284. The lowest BCUT2D eigenvalue weighted by molar-refractivity contribution is -0.686. The Morgan fingerprint density at radius 1 is 1.11 bits per heavy atom. The first-order valence-electron chi connectivity index (χ1n) is 9.39. The number of nitrogens with zero attached hydrogens (tertiary/aromatic N) is 1. The van der Waals surface area contributed by atoms with Gasteiger partial charge in [-0.15, -0.1) is 6.58 Å². The minimum absolute atomic E-state index is 0.284. The number of hydrogen-bond acceptors (Lipinski definition) is 4. The average Bonchev–Trinajstić information content (AvgIpc) is 3.18. The van der Waals surface area contributed by atoms with Crippen LogP contribution in [0.1, 0.15) is 11.1 Å². The zero-order valence-corrected chi connectivity index (χ0v) is 16.1. The van der Waals surface area contributed by atoms with Crippen molar-refractivity contribution in [2.24, 2.45) is 0 Å². The van der Waals surface area contributed by atoms with Gasteiger partial charge in [0.05, 0.1) is 25.2 Å². The maximum Gasteiger partial charge on any atom is 0.231 e. The van der Waals surface area contributed by atoms with Crippen LogP contribution >= 0.6 is 0 Å². The molecule has 0 amide bonds. The Morgan fingerprint density at radius 2 is 1.93 bits per heavy atom. The van der Waals surface area contributed by atoms with Crippen molar-refractivity contribution in [2.45, 2.75) is 19.4 Å². The van der Waals surface area contributed by atoms with Gasteiger partial charge in [0.25, 0.3) is 0 Å². The third-order valence-corrected chi connectivity index (χ3v) is 5.59. The van der Waals surface area contributed by atoms with Crippen LogP contribution in [0.25, 0.3) is 22.0 Å². The number of allylic oxidation sites excluding steroid dienone is 1. The van der Waals surface area contributed by atoms with Gasteiger partial charge in [-0.1, -0.05) is 6.08 Å². The number of rotatable bonds is 4. The van der Waals surface area contributed by atoms with Crippen LogP contribution in [-0.2, 0) is 19.4 Å². The van der Waals surface area contributed by atoms with E-state index in [0.29, 0.717) is 0 Å². The van der Waals surface area contributed by atoms with E-state index in [-0.39, 0.29) is 6.79 Å². The van der Waals surface area contributed by atoms with Gasteiger partial charge >= 0.3 is 0 Å². The van der Waals surface area contributed by atoms with Crippen molar-refractivity contribution in [3.05, 3.63) is 54.2 Å². The summed E-state index contributed by atoms with van der Waals surface area (Å²) in [6, 6.07) is 8.31. The van der Waals surface area contributed by atoms with E-state index in [0.717, 1.165) is 53.2 Å². The fraction of sp³-hybridized carbons (Fsp3) is 0.261. The summed E-state index contributed by atoms with van der Waals surface area (Å²) in [5, 5.41) is 2.20. The lowest BCUT2D eigenvalue weighted by atomic mass is 9.90. The molecule has 28 heavy (non-hydrogen) atoms. The molecule has 0 spiro atoms. The largest absolute Gasteiger partial charge is 0.493 e. The molecular weight excluding hydrogens is 354 g/mol. The average molecular weight is 376 g/mol. The Kier molecular flexibility index (Phi) is 3.90. The summed E-state index contributed by atoms with van der Waals surface area (Å²) in [4.78, 5) is 0. The highest BCUT2D eigenvalue weighted by molar-refractivity contribution is 5.95. The van der Waals surface area contributed by atoms with Crippen molar-refractivity contribution in [1.29, 1.82) is 0 Å². The summed E-state index contributed by atoms with van der Waals surface area (Å²) >= 11 is 0. The maximum atomic E-state index is 5.70. The summed E-state index contributed by atoms with van der Waals surface area (Å²) in [6.07, 6.45) is 5.82. The molecule has 2 aliphatic heterocycles. The molecule has 3 aromatic rings. The molecule has 0 N–H and O–H groups in total. The second-order valence-corrected chi connectivity index (χ2v) is 7.02. The molecule has 3 heterocycles. The number of ether oxygens (including phenoxy) is 4. The molecular formula is C23H22NO4+. The van der Waals surface area contributed by atoms with E-state index in [4.69, 9.17) is 18.9 Å². The lowest BCUT2D eigenvalue weighted by Gasteiger charge is -2.20. The molecule has 5 nitrogen and oxygen atoms in total. The van der Waals surface area contributed by atoms with Gasteiger partial charge in [0.2, 0.25) is 12.5 Å². The number of benzene rings is 2. The molecule has 2 aromatic carbocycles. The van der Waals surface area contributed by atoms with E-state index in [1.54, 1.807) is 14.2 Å². The standard InChI is InChI=1S/C23H22NO4/c1-4-5-16-15-6-7-19(25-2)23(26-3)18(15)12-24-9-8-14-10-20-21(28-13-27-20)11-17(14)22(16)24/h4,6-7,10-12H,1,5,8-9,13H2,2-3H3/q+1. The number of aryl methyl sites for hydroxylation is 2. The molecule has 0 saturated heterocycles. The fourth-order valence-corrected chi connectivity index (χ4v) is 4.36. The van der Waals surface area contributed by atoms with E-state index in [2.05, 4.69) is 35.5 Å². The molecule has 0 atom stereocenters. The van der Waals surface area contributed by atoms with Gasteiger partial charge in [0.1, 0.15) is 0 Å². The first kappa shape index (κ1) is 16.9. The van der Waals surface area contributed by atoms with Gasteiger partial charge in [0, 0.05) is 17.4 Å². The third-order valence-electron chi connectivity index (χ3n) is 5.59. The van der Waals surface area contributed by atoms with Crippen molar-refractivity contribution in [3.8, 4) is 34.3 Å². The smallest absolute Gasteiger partial charge is 0.231 e. The number of hydrogen-bond donors (Lipinski definition) is 0. The summed E-state index contributed by atoms with van der Waals surface area (Å²) < 4.78 is 24.8. The van der Waals surface area contributed by atoms with Crippen molar-refractivity contribution < 1.29 is 23.5 Å². The van der Waals surface area contributed by atoms with Crippen molar-refractivity contribution in [3.63, 3.8) is 0 Å². The van der Waals surface area contributed by atoms with Crippen LogP contribution in [-0.4, -0.2) is 21.0 Å². The summed E-state index contributed by atoms with van der Waals surface area (Å²) in [6.45, 7) is 5.17. The maximum absolute atomic E-state index is 5.70. The molecule has 1 aromatic heterocycles. The quantitative estimate of drug-likeness (QED) is 0.513. The lowest BCUT2D eigenvalue weighted by Crippen LogP contribution is -2.41. The Labute approximate surface area is 163 Å². The molecule has 0 bridgehead atoms. The van der Waals surface area contributed by atoms with E-state index in [9.17, 15) is 0 Å². The van der Waals surface area contributed by atoms with Gasteiger partial charge in [-0.3, -0.25) is 0 Å². The molecule has 0 unspecified atom stereocenters. The molecule has 5 heteroatoms.